The van der Waals surface area contributed by atoms with Gasteiger partial charge in [0, 0.05) is 31.6 Å². The van der Waals surface area contributed by atoms with E-state index in [2.05, 4.69) is 32.4 Å². The molecule has 0 amide bonds. The van der Waals surface area contributed by atoms with Crippen LogP contribution in [0.1, 0.15) is 19.8 Å². The molecule has 0 bridgehead atoms. The first kappa shape index (κ1) is 13.2. The van der Waals surface area contributed by atoms with E-state index in [1.54, 1.807) is 0 Å². The van der Waals surface area contributed by atoms with Gasteiger partial charge in [-0.1, -0.05) is 0 Å². The Bertz CT molecular complexity index is 494. The molecule has 7 nitrogen and oxygen atoms in total. The first-order chi connectivity index (χ1) is 9.67. The quantitative estimate of drug-likeness (QED) is 0.723. The lowest BCUT2D eigenvalue weighted by atomic mass is 10.2. The molecule has 1 saturated heterocycles. The fourth-order valence-corrected chi connectivity index (χ4v) is 2.73. The summed E-state index contributed by atoms with van der Waals surface area (Å²) in [6.07, 6.45) is 2.04. The van der Waals surface area contributed by atoms with Crippen molar-refractivity contribution < 1.29 is 4.74 Å². The van der Waals surface area contributed by atoms with Gasteiger partial charge in [-0.3, -0.25) is 0 Å². The maximum absolute atomic E-state index is 5.88. The number of nitrogens with one attached hydrogen (secondary N) is 2. The van der Waals surface area contributed by atoms with Crippen molar-refractivity contribution in [3.8, 4) is 5.75 Å². The van der Waals surface area contributed by atoms with E-state index in [9.17, 15) is 0 Å². The fraction of sp³-hybridized carbons (Fsp3) is 0.692. The third-order valence-electron chi connectivity index (χ3n) is 3.94. The van der Waals surface area contributed by atoms with Crippen molar-refractivity contribution in [1.82, 2.24) is 15.3 Å². The monoisotopic (exact) mass is 278 g/mol. The van der Waals surface area contributed by atoms with Crippen LogP contribution in [0.25, 0.3) is 0 Å². The molecule has 0 spiro atoms. The van der Waals surface area contributed by atoms with Crippen molar-refractivity contribution in [2.75, 3.05) is 42.7 Å². The number of anilines is 3. The Kier molecular flexibility index (Phi) is 3.52. The van der Waals surface area contributed by atoms with Gasteiger partial charge in [0.2, 0.25) is 11.7 Å². The van der Waals surface area contributed by atoms with Crippen molar-refractivity contribution in [3.63, 3.8) is 0 Å². The molecule has 2 aliphatic rings. The molecule has 0 unspecified atom stereocenters. The topological polar surface area (TPSA) is 88.3 Å². The molecule has 0 radical (unpaired) electrons. The molecular formula is C13H22N6O. The molecule has 110 valence electrons. The summed E-state index contributed by atoms with van der Waals surface area (Å²) in [7, 11) is 1.99. The van der Waals surface area contributed by atoms with Gasteiger partial charge >= 0.3 is 0 Å². The van der Waals surface area contributed by atoms with E-state index < -0.39 is 0 Å². The Morgan fingerprint density at radius 3 is 3.00 bits per heavy atom. The van der Waals surface area contributed by atoms with Gasteiger partial charge in [0.05, 0.1) is 6.61 Å². The van der Waals surface area contributed by atoms with Gasteiger partial charge in [-0.2, -0.15) is 9.97 Å². The molecule has 2 atom stereocenters. The fourth-order valence-electron chi connectivity index (χ4n) is 2.73. The van der Waals surface area contributed by atoms with Crippen molar-refractivity contribution in [2.45, 2.75) is 31.8 Å². The van der Waals surface area contributed by atoms with Crippen LogP contribution in [-0.2, 0) is 0 Å². The number of aromatic nitrogens is 2. The van der Waals surface area contributed by atoms with Crippen LogP contribution in [0.15, 0.2) is 0 Å². The van der Waals surface area contributed by atoms with Crippen molar-refractivity contribution in [3.05, 3.63) is 0 Å². The molecule has 1 aromatic heterocycles. The summed E-state index contributed by atoms with van der Waals surface area (Å²) in [6.45, 7) is 4.65. The van der Waals surface area contributed by atoms with E-state index in [0.717, 1.165) is 37.5 Å². The lowest BCUT2D eigenvalue weighted by molar-refractivity contribution is 0.313. The summed E-state index contributed by atoms with van der Waals surface area (Å²) in [6, 6.07) is 0.807. The highest BCUT2D eigenvalue weighted by atomic mass is 16.5. The normalized spacial score (nSPS) is 25.6. The zero-order valence-corrected chi connectivity index (χ0v) is 12.0. The maximum atomic E-state index is 5.88. The summed E-state index contributed by atoms with van der Waals surface area (Å²) < 4.78 is 5.88. The predicted molar refractivity (Wildman–Crippen MR) is 79.3 cm³/mol. The highest BCUT2D eigenvalue weighted by Gasteiger charge is 2.28. The van der Waals surface area contributed by atoms with Gasteiger partial charge in [0.1, 0.15) is 0 Å². The first-order valence-corrected chi connectivity index (χ1v) is 7.16. The number of nitrogen functional groups attached to an aromatic ring is 1. The standard InChI is InChI=1S/C13H22N6O/c1-8-4-6-20-10-11(16-8)17-13(14)18-12(10)19-5-3-9(7-19)15-2/h8-9,15H,3-7H2,1-2H3,(H3,14,16,17,18)/t8-,9-/m1/s1. The van der Waals surface area contributed by atoms with Crippen molar-refractivity contribution in [2.24, 2.45) is 0 Å². The van der Waals surface area contributed by atoms with E-state index in [1.807, 2.05) is 7.05 Å². The summed E-state index contributed by atoms with van der Waals surface area (Å²) >= 11 is 0. The largest absolute Gasteiger partial charge is 0.486 e. The molecule has 3 rings (SSSR count). The number of nitrogens with two attached hydrogens (primary N) is 1. The third-order valence-corrected chi connectivity index (χ3v) is 3.94. The number of likely N-dealkylation sites (N-methyl/N-ethyl adjacent to an activating group) is 1. The van der Waals surface area contributed by atoms with Crippen LogP contribution in [0.5, 0.6) is 5.75 Å². The van der Waals surface area contributed by atoms with Crippen LogP contribution in [0.3, 0.4) is 0 Å². The minimum absolute atomic E-state index is 0.289. The first-order valence-electron chi connectivity index (χ1n) is 7.16. The van der Waals surface area contributed by atoms with Crippen LogP contribution >= 0.6 is 0 Å². The molecule has 20 heavy (non-hydrogen) atoms. The van der Waals surface area contributed by atoms with Crippen LogP contribution in [0.2, 0.25) is 0 Å². The lowest BCUT2D eigenvalue weighted by Gasteiger charge is -2.21. The van der Waals surface area contributed by atoms with Gasteiger partial charge in [-0.05, 0) is 20.4 Å². The Balaban J connectivity index is 1.94. The number of hydrogen-bond donors (Lipinski definition) is 3. The molecule has 4 N–H and O–H groups in total. The molecule has 0 aromatic carbocycles. The predicted octanol–water partition coefficient (Wildman–Crippen LogP) is 0.440. The highest BCUT2D eigenvalue weighted by molar-refractivity contribution is 5.68. The van der Waals surface area contributed by atoms with Gasteiger partial charge in [-0.15, -0.1) is 0 Å². The Labute approximate surface area is 118 Å². The SMILES string of the molecule is CN[C@@H]1CCN(c2nc(N)nc3c2OCC[C@@H](C)N3)C1. The zero-order valence-electron chi connectivity index (χ0n) is 12.0. The molecule has 2 aliphatic heterocycles. The van der Waals surface area contributed by atoms with E-state index in [4.69, 9.17) is 10.5 Å². The van der Waals surface area contributed by atoms with Crippen LogP contribution in [-0.4, -0.2) is 48.8 Å². The molecular weight excluding hydrogens is 256 g/mol. The number of nitrogens with zero attached hydrogens (tertiary/aromatic N) is 3. The minimum Gasteiger partial charge on any atom is -0.486 e. The van der Waals surface area contributed by atoms with Gasteiger partial charge in [0.25, 0.3) is 0 Å². The van der Waals surface area contributed by atoms with Gasteiger partial charge in [-0.25, -0.2) is 0 Å². The van der Waals surface area contributed by atoms with E-state index in [-0.39, 0.29) is 5.95 Å². The average molecular weight is 278 g/mol. The summed E-state index contributed by atoms with van der Waals surface area (Å²) in [5.41, 5.74) is 5.85. The van der Waals surface area contributed by atoms with Crippen LogP contribution in [0.4, 0.5) is 17.6 Å². The summed E-state index contributed by atoms with van der Waals surface area (Å²) in [5, 5.41) is 6.66. The Morgan fingerprint density at radius 1 is 1.40 bits per heavy atom. The molecule has 0 saturated carbocycles. The Hall–Kier alpha value is -1.76. The second-order valence-electron chi connectivity index (χ2n) is 5.49. The smallest absolute Gasteiger partial charge is 0.224 e. The van der Waals surface area contributed by atoms with Crippen molar-refractivity contribution >= 4 is 17.6 Å². The van der Waals surface area contributed by atoms with Crippen LogP contribution in [0, 0.1) is 0 Å². The van der Waals surface area contributed by atoms with E-state index in [1.165, 1.54) is 0 Å². The second-order valence-corrected chi connectivity index (χ2v) is 5.49. The number of ether oxygens (including phenoxy) is 1. The molecule has 1 aromatic rings. The maximum Gasteiger partial charge on any atom is 0.224 e. The number of rotatable bonds is 2. The lowest BCUT2D eigenvalue weighted by Crippen LogP contribution is -2.30. The minimum atomic E-state index is 0.289. The molecule has 7 heteroatoms. The highest BCUT2D eigenvalue weighted by Crippen LogP contribution is 2.37. The number of hydrogen-bond acceptors (Lipinski definition) is 7. The average Bonchev–Trinajstić information content (AvgIpc) is 2.81. The molecule has 0 aliphatic carbocycles. The molecule has 1 fully saturated rings. The third kappa shape index (κ3) is 2.45. The van der Waals surface area contributed by atoms with Crippen LogP contribution < -0.4 is 26.0 Å². The van der Waals surface area contributed by atoms with E-state index >= 15 is 0 Å². The van der Waals surface area contributed by atoms with E-state index in [0.29, 0.717) is 24.5 Å². The molecule has 3 heterocycles. The summed E-state index contributed by atoms with van der Waals surface area (Å²) in [5.74, 6) is 2.55. The Morgan fingerprint density at radius 2 is 2.25 bits per heavy atom. The van der Waals surface area contributed by atoms with Crippen molar-refractivity contribution in [1.29, 1.82) is 0 Å². The van der Waals surface area contributed by atoms with Gasteiger partial charge < -0.3 is 26.0 Å². The zero-order chi connectivity index (χ0) is 14.1. The number of fused-ring (bicyclic) bond motifs is 1. The second kappa shape index (κ2) is 5.32. The summed E-state index contributed by atoms with van der Waals surface area (Å²) in [4.78, 5) is 10.9. The van der Waals surface area contributed by atoms with Gasteiger partial charge in [0.15, 0.2) is 11.6 Å².